The van der Waals surface area contributed by atoms with Gasteiger partial charge in [-0.05, 0) is 37.6 Å². The molecule has 0 fully saturated rings. The molecule has 1 aromatic heterocycles. The van der Waals surface area contributed by atoms with E-state index in [9.17, 15) is 4.79 Å². The van der Waals surface area contributed by atoms with Crippen molar-refractivity contribution in [2.45, 2.75) is 20.4 Å². The van der Waals surface area contributed by atoms with E-state index in [1.165, 1.54) is 11.1 Å². The lowest BCUT2D eigenvalue weighted by Gasteiger charge is -2.08. The molecule has 2 N–H and O–H groups in total. The topological polar surface area (TPSA) is 66.9 Å². The van der Waals surface area contributed by atoms with Gasteiger partial charge >= 0.3 is 0 Å². The Labute approximate surface area is 147 Å². The zero-order chi connectivity index (χ0) is 17.6. The molecule has 0 aliphatic rings. The molecule has 0 saturated carbocycles. The quantitative estimate of drug-likeness (QED) is 0.746. The lowest BCUT2D eigenvalue weighted by Crippen LogP contribution is -2.24. The first kappa shape index (κ1) is 16.6. The summed E-state index contributed by atoms with van der Waals surface area (Å²) >= 11 is 0. The van der Waals surface area contributed by atoms with Crippen LogP contribution in [0.1, 0.15) is 27.2 Å². The summed E-state index contributed by atoms with van der Waals surface area (Å²) in [5, 5.41) is 5.98. The number of rotatable bonds is 5. The predicted octanol–water partition coefficient (Wildman–Crippen LogP) is 3.77. The molecule has 25 heavy (non-hydrogen) atoms. The van der Waals surface area contributed by atoms with Crippen molar-refractivity contribution in [1.82, 2.24) is 15.3 Å². The first-order chi connectivity index (χ1) is 12.1. The number of benzene rings is 2. The maximum atomic E-state index is 12.3. The summed E-state index contributed by atoms with van der Waals surface area (Å²) in [6, 6.07) is 17.5. The Balaban J connectivity index is 1.64. The summed E-state index contributed by atoms with van der Waals surface area (Å²) in [6.45, 7) is 4.52. The minimum atomic E-state index is -0.227. The van der Waals surface area contributed by atoms with E-state index < -0.39 is 0 Å². The van der Waals surface area contributed by atoms with Gasteiger partial charge in [0.05, 0.1) is 0 Å². The van der Waals surface area contributed by atoms with Crippen molar-refractivity contribution in [2.75, 3.05) is 5.32 Å². The average Bonchev–Trinajstić information content (AvgIpc) is 2.63. The van der Waals surface area contributed by atoms with Crippen LogP contribution in [0.2, 0.25) is 0 Å². The molecular formula is C20H20N4O. The van der Waals surface area contributed by atoms with Gasteiger partial charge in [0.15, 0.2) is 0 Å². The van der Waals surface area contributed by atoms with Crippen LogP contribution < -0.4 is 10.6 Å². The van der Waals surface area contributed by atoms with Gasteiger partial charge in [-0.3, -0.25) is 4.79 Å². The highest BCUT2D eigenvalue weighted by Gasteiger charge is 2.09. The minimum absolute atomic E-state index is 0.227. The second-order valence-electron chi connectivity index (χ2n) is 5.92. The van der Waals surface area contributed by atoms with Gasteiger partial charge in [-0.25, -0.2) is 9.97 Å². The van der Waals surface area contributed by atoms with Gasteiger partial charge in [0, 0.05) is 18.4 Å². The van der Waals surface area contributed by atoms with Crippen LogP contribution in [0.25, 0.3) is 0 Å². The van der Waals surface area contributed by atoms with E-state index in [0.29, 0.717) is 18.2 Å². The molecule has 0 bridgehead atoms. The van der Waals surface area contributed by atoms with Crippen molar-refractivity contribution >= 4 is 17.5 Å². The second kappa shape index (κ2) is 7.57. The van der Waals surface area contributed by atoms with Gasteiger partial charge in [0.1, 0.15) is 5.69 Å². The van der Waals surface area contributed by atoms with E-state index in [-0.39, 0.29) is 5.91 Å². The maximum Gasteiger partial charge on any atom is 0.270 e. The van der Waals surface area contributed by atoms with E-state index in [0.717, 1.165) is 11.3 Å². The zero-order valence-electron chi connectivity index (χ0n) is 14.3. The molecule has 0 aliphatic carbocycles. The number of anilines is 2. The van der Waals surface area contributed by atoms with Gasteiger partial charge in [-0.2, -0.15) is 0 Å². The molecule has 0 spiro atoms. The summed E-state index contributed by atoms with van der Waals surface area (Å²) in [5.74, 6) is 0.168. The van der Waals surface area contributed by atoms with E-state index in [4.69, 9.17) is 0 Å². The second-order valence-corrected chi connectivity index (χ2v) is 5.92. The van der Waals surface area contributed by atoms with Gasteiger partial charge in [0.25, 0.3) is 5.91 Å². The van der Waals surface area contributed by atoms with Gasteiger partial charge < -0.3 is 10.6 Å². The van der Waals surface area contributed by atoms with Crippen molar-refractivity contribution in [2.24, 2.45) is 0 Å². The van der Waals surface area contributed by atoms with E-state index >= 15 is 0 Å². The maximum absolute atomic E-state index is 12.3. The highest BCUT2D eigenvalue weighted by Crippen LogP contribution is 2.13. The summed E-state index contributed by atoms with van der Waals surface area (Å²) in [7, 11) is 0. The van der Waals surface area contributed by atoms with Crippen molar-refractivity contribution < 1.29 is 4.79 Å². The minimum Gasteiger partial charge on any atom is -0.347 e. The molecule has 5 heteroatoms. The number of nitrogens with one attached hydrogen (secondary N) is 2. The molecule has 0 aliphatic heterocycles. The summed E-state index contributed by atoms with van der Waals surface area (Å²) in [4.78, 5) is 20.8. The monoisotopic (exact) mass is 332 g/mol. The van der Waals surface area contributed by atoms with Crippen LogP contribution >= 0.6 is 0 Å². The number of aryl methyl sites for hydroxylation is 2. The largest absolute Gasteiger partial charge is 0.347 e. The van der Waals surface area contributed by atoms with Crippen LogP contribution in [0, 0.1) is 13.8 Å². The van der Waals surface area contributed by atoms with Crippen molar-refractivity contribution in [3.05, 3.63) is 83.2 Å². The zero-order valence-corrected chi connectivity index (χ0v) is 14.3. The van der Waals surface area contributed by atoms with Crippen LogP contribution in [0.5, 0.6) is 0 Å². The number of hydrogen-bond donors (Lipinski definition) is 2. The summed E-state index contributed by atoms with van der Waals surface area (Å²) < 4.78 is 0. The number of carbonyl (C=O) groups is 1. The fourth-order valence-corrected chi connectivity index (χ4v) is 2.29. The Hall–Kier alpha value is -3.21. The fourth-order valence-electron chi connectivity index (χ4n) is 2.29. The van der Waals surface area contributed by atoms with Gasteiger partial charge in [0.2, 0.25) is 5.95 Å². The molecule has 3 aromatic rings. The molecule has 0 radical (unpaired) electrons. The first-order valence-electron chi connectivity index (χ1n) is 8.10. The lowest BCUT2D eigenvalue weighted by molar-refractivity contribution is 0.0946. The van der Waals surface area contributed by atoms with Crippen LogP contribution in [0.15, 0.2) is 60.8 Å². The molecule has 0 unspecified atom stereocenters. The summed E-state index contributed by atoms with van der Waals surface area (Å²) in [5.41, 5.74) is 4.62. The van der Waals surface area contributed by atoms with Gasteiger partial charge in [-0.1, -0.05) is 47.5 Å². The standard InChI is InChI=1S/C20H20N4O/c1-14-3-7-16(8-4-14)13-22-19(25)18-11-12-21-20(24-18)23-17-9-5-15(2)6-10-17/h3-12H,13H2,1-2H3,(H,22,25)(H,21,23,24). The Morgan fingerprint density at radius 1 is 0.920 bits per heavy atom. The molecular weight excluding hydrogens is 312 g/mol. The Kier molecular flexibility index (Phi) is 5.04. The molecule has 0 saturated heterocycles. The molecule has 5 nitrogen and oxygen atoms in total. The van der Waals surface area contributed by atoms with E-state index in [2.05, 4.69) is 20.6 Å². The van der Waals surface area contributed by atoms with Crippen LogP contribution in [-0.4, -0.2) is 15.9 Å². The molecule has 126 valence electrons. The van der Waals surface area contributed by atoms with Crippen LogP contribution in [0.4, 0.5) is 11.6 Å². The molecule has 1 heterocycles. The van der Waals surface area contributed by atoms with Crippen molar-refractivity contribution in [1.29, 1.82) is 0 Å². The number of hydrogen-bond acceptors (Lipinski definition) is 4. The number of amides is 1. The normalized spacial score (nSPS) is 10.3. The Bertz CT molecular complexity index is 858. The molecule has 3 rings (SSSR count). The third-order valence-electron chi connectivity index (χ3n) is 3.77. The number of nitrogens with zero attached hydrogens (tertiary/aromatic N) is 2. The fraction of sp³-hybridized carbons (Fsp3) is 0.150. The number of carbonyl (C=O) groups excluding carboxylic acids is 1. The smallest absolute Gasteiger partial charge is 0.270 e. The van der Waals surface area contributed by atoms with Crippen LogP contribution in [-0.2, 0) is 6.54 Å². The third-order valence-corrected chi connectivity index (χ3v) is 3.77. The highest BCUT2D eigenvalue weighted by molar-refractivity contribution is 5.92. The highest BCUT2D eigenvalue weighted by atomic mass is 16.1. The SMILES string of the molecule is Cc1ccc(CNC(=O)c2ccnc(Nc3ccc(C)cc3)n2)cc1. The Morgan fingerprint density at radius 3 is 2.24 bits per heavy atom. The van der Waals surface area contributed by atoms with Gasteiger partial charge in [-0.15, -0.1) is 0 Å². The molecule has 2 aromatic carbocycles. The first-order valence-corrected chi connectivity index (χ1v) is 8.10. The third kappa shape index (κ3) is 4.64. The average molecular weight is 332 g/mol. The molecule has 0 atom stereocenters. The Morgan fingerprint density at radius 2 is 1.56 bits per heavy atom. The van der Waals surface area contributed by atoms with Crippen LogP contribution in [0.3, 0.4) is 0 Å². The van der Waals surface area contributed by atoms with E-state index in [1.807, 2.05) is 62.4 Å². The number of aromatic nitrogens is 2. The van der Waals surface area contributed by atoms with Crippen molar-refractivity contribution in [3.63, 3.8) is 0 Å². The molecule has 1 amide bonds. The summed E-state index contributed by atoms with van der Waals surface area (Å²) in [6.07, 6.45) is 1.57. The lowest BCUT2D eigenvalue weighted by atomic mass is 10.1. The van der Waals surface area contributed by atoms with E-state index in [1.54, 1.807) is 12.3 Å². The van der Waals surface area contributed by atoms with Crippen molar-refractivity contribution in [3.8, 4) is 0 Å². The predicted molar refractivity (Wildman–Crippen MR) is 98.8 cm³/mol.